The molecule has 31 heavy (non-hydrogen) atoms. The van der Waals surface area contributed by atoms with Crippen LogP contribution in [0.3, 0.4) is 0 Å². The summed E-state index contributed by atoms with van der Waals surface area (Å²) in [5.74, 6) is 0.576. The molecule has 0 saturated heterocycles. The van der Waals surface area contributed by atoms with Gasteiger partial charge >= 0.3 is 5.69 Å². The zero-order valence-corrected chi connectivity index (χ0v) is 17.5. The van der Waals surface area contributed by atoms with Crippen molar-refractivity contribution < 1.29 is 9.13 Å². The van der Waals surface area contributed by atoms with E-state index in [-0.39, 0.29) is 11.5 Å². The van der Waals surface area contributed by atoms with Crippen molar-refractivity contribution in [3.8, 4) is 5.75 Å². The van der Waals surface area contributed by atoms with Crippen molar-refractivity contribution >= 4 is 22.7 Å². The molecule has 1 aliphatic rings. The Morgan fingerprint density at radius 3 is 2.77 bits per heavy atom. The molecule has 5 rings (SSSR count). The van der Waals surface area contributed by atoms with E-state index in [9.17, 15) is 9.18 Å². The van der Waals surface area contributed by atoms with Gasteiger partial charge in [0.2, 0.25) is 0 Å². The molecule has 2 heterocycles. The number of nitrogens with one attached hydrogen (secondary N) is 1. The van der Waals surface area contributed by atoms with E-state index >= 15 is 0 Å². The number of aromatic amines is 1. The summed E-state index contributed by atoms with van der Waals surface area (Å²) in [5, 5.41) is 0. The van der Waals surface area contributed by atoms with Gasteiger partial charge in [-0.3, -0.25) is 4.57 Å². The Balaban J connectivity index is 1.68. The summed E-state index contributed by atoms with van der Waals surface area (Å²) in [6.45, 7) is 5.24. The third-order valence-corrected chi connectivity index (χ3v) is 5.58. The average Bonchev–Trinajstić information content (AvgIpc) is 2.96. The van der Waals surface area contributed by atoms with Crippen LogP contribution >= 0.6 is 0 Å². The molecule has 0 fully saturated rings. The van der Waals surface area contributed by atoms with Gasteiger partial charge in [-0.1, -0.05) is 44.2 Å². The van der Waals surface area contributed by atoms with E-state index in [1.807, 2.05) is 36.4 Å². The minimum Gasteiger partial charge on any atom is -0.488 e. The van der Waals surface area contributed by atoms with E-state index in [2.05, 4.69) is 31.0 Å². The first-order chi connectivity index (χ1) is 15.0. The van der Waals surface area contributed by atoms with Gasteiger partial charge in [0.1, 0.15) is 18.2 Å². The lowest BCUT2D eigenvalue weighted by molar-refractivity contribution is 0.305. The second-order valence-electron chi connectivity index (χ2n) is 8.36. The molecule has 3 aromatic carbocycles. The van der Waals surface area contributed by atoms with Gasteiger partial charge in [-0.05, 0) is 58.5 Å². The number of hydrogen-bond donors (Lipinski definition) is 1. The molecule has 156 valence electrons. The lowest BCUT2D eigenvalue weighted by Crippen LogP contribution is -2.19. The third-order valence-electron chi connectivity index (χ3n) is 5.58. The van der Waals surface area contributed by atoms with Crippen LogP contribution in [0.1, 0.15) is 36.1 Å². The van der Waals surface area contributed by atoms with Crippen LogP contribution < -0.4 is 10.4 Å². The Morgan fingerprint density at radius 2 is 1.94 bits per heavy atom. The molecule has 0 unspecified atom stereocenters. The zero-order valence-electron chi connectivity index (χ0n) is 17.5. The van der Waals surface area contributed by atoms with Crippen molar-refractivity contribution in [2.24, 2.45) is 5.92 Å². The van der Waals surface area contributed by atoms with Crippen LogP contribution in [0, 0.1) is 11.7 Å². The van der Waals surface area contributed by atoms with Gasteiger partial charge in [0, 0.05) is 18.2 Å². The fourth-order valence-electron chi connectivity index (χ4n) is 4.19. The van der Waals surface area contributed by atoms with Crippen LogP contribution in [-0.2, 0) is 13.2 Å². The minimum absolute atomic E-state index is 0.0949. The fourth-order valence-corrected chi connectivity index (χ4v) is 4.19. The van der Waals surface area contributed by atoms with Crippen molar-refractivity contribution in [3.63, 3.8) is 0 Å². The van der Waals surface area contributed by atoms with Crippen molar-refractivity contribution in [3.05, 3.63) is 99.2 Å². The van der Waals surface area contributed by atoms with Crippen molar-refractivity contribution in [2.45, 2.75) is 27.0 Å². The Labute approximate surface area is 179 Å². The Morgan fingerprint density at radius 1 is 1.10 bits per heavy atom. The molecule has 5 heteroatoms. The molecule has 0 aliphatic carbocycles. The molecule has 1 N–H and O–H groups in total. The van der Waals surface area contributed by atoms with Gasteiger partial charge in [0.15, 0.2) is 0 Å². The summed E-state index contributed by atoms with van der Waals surface area (Å²) in [4.78, 5) is 15.4. The van der Waals surface area contributed by atoms with E-state index < -0.39 is 0 Å². The van der Waals surface area contributed by atoms with Crippen molar-refractivity contribution in [1.82, 2.24) is 9.55 Å². The van der Waals surface area contributed by atoms with E-state index in [0.29, 0.717) is 24.8 Å². The van der Waals surface area contributed by atoms with Crippen LogP contribution in [0.4, 0.5) is 4.39 Å². The first kappa shape index (κ1) is 19.4. The highest BCUT2D eigenvalue weighted by Crippen LogP contribution is 2.38. The standard InChI is InChI=1S/C26H23FN2O2/c1-16(2)14-29-24-10-7-17(12-23(24)28-26(29)30)11-22-20-6-4-3-5-18(20)15-31-25-13-19(27)8-9-21(22)25/h3-13,16H,14-15H2,1-2H3,(H,28,30)/b22-11+. The Hall–Kier alpha value is -3.60. The molecule has 0 radical (unpaired) electrons. The van der Waals surface area contributed by atoms with E-state index in [1.165, 1.54) is 12.1 Å². The molecule has 0 atom stereocenters. The highest BCUT2D eigenvalue weighted by Gasteiger charge is 2.20. The first-order valence-electron chi connectivity index (χ1n) is 10.4. The van der Waals surface area contributed by atoms with Crippen LogP contribution in [0.5, 0.6) is 5.75 Å². The maximum atomic E-state index is 13.9. The number of hydrogen-bond acceptors (Lipinski definition) is 2. The summed E-state index contributed by atoms with van der Waals surface area (Å²) >= 11 is 0. The molecule has 0 saturated carbocycles. The number of H-pyrrole nitrogens is 1. The predicted molar refractivity (Wildman–Crippen MR) is 122 cm³/mol. The summed E-state index contributed by atoms with van der Waals surface area (Å²) in [7, 11) is 0. The van der Waals surface area contributed by atoms with Gasteiger partial charge in [0.05, 0.1) is 11.0 Å². The van der Waals surface area contributed by atoms with Gasteiger partial charge in [-0.15, -0.1) is 0 Å². The molecule has 0 bridgehead atoms. The normalized spacial score (nSPS) is 14.4. The monoisotopic (exact) mass is 414 g/mol. The molecule has 0 spiro atoms. The quantitative estimate of drug-likeness (QED) is 0.474. The topological polar surface area (TPSA) is 47.0 Å². The number of benzene rings is 3. The molecule has 4 aromatic rings. The van der Waals surface area contributed by atoms with Gasteiger partial charge in [0.25, 0.3) is 0 Å². The molecular formula is C26H23FN2O2. The van der Waals surface area contributed by atoms with Crippen LogP contribution in [0.15, 0.2) is 65.5 Å². The second-order valence-corrected chi connectivity index (χ2v) is 8.36. The smallest absolute Gasteiger partial charge is 0.326 e. The van der Waals surface area contributed by atoms with Gasteiger partial charge in [-0.2, -0.15) is 0 Å². The second kappa shape index (κ2) is 7.58. The Kier molecular flexibility index (Phi) is 4.74. The number of nitrogens with zero attached hydrogens (tertiary/aromatic N) is 1. The maximum absolute atomic E-state index is 13.9. The number of rotatable bonds is 3. The molecular weight excluding hydrogens is 391 g/mol. The van der Waals surface area contributed by atoms with Gasteiger partial charge < -0.3 is 9.72 Å². The maximum Gasteiger partial charge on any atom is 0.326 e. The summed E-state index contributed by atoms with van der Waals surface area (Å²) in [5.41, 5.74) is 6.46. The summed E-state index contributed by atoms with van der Waals surface area (Å²) < 4.78 is 21.6. The first-order valence-corrected chi connectivity index (χ1v) is 10.4. The fraction of sp³-hybridized carbons (Fsp3) is 0.192. The minimum atomic E-state index is -0.324. The van der Waals surface area contributed by atoms with Crippen molar-refractivity contribution in [2.75, 3.05) is 0 Å². The number of imidazole rings is 1. The zero-order chi connectivity index (χ0) is 21.5. The van der Waals surface area contributed by atoms with E-state index in [1.54, 1.807) is 10.6 Å². The van der Waals surface area contributed by atoms with E-state index in [4.69, 9.17) is 4.74 Å². The lowest BCUT2D eigenvalue weighted by atomic mass is 9.92. The number of fused-ring (bicyclic) bond motifs is 3. The lowest BCUT2D eigenvalue weighted by Gasteiger charge is -2.11. The number of aromatic nitrogens is 2. The van der Waals surface area contributed by atoms with Crippen LogP contribution in [0.2, 0.25) is 0 Å². The number of halogens is 1. The molecule has 4 nitrogen and oxygen atoms in total. The highest BCUT2D eigenvalue weighted by atomic mass is 19.1. The summed E-state index contributed by atoms with van der Waals surface area (Å²) in [6, 6.07) is 18.7. The average molecular weight is 414 g/mol. The van der Waals surface area contributed by atoms with E-state index in [0.717, 1.165) is 38.9 Å². The van der Waals surface area contributed by atoms with Crippen molar-refractivity contribution in [1.29, 1.82) is 0 Å². The molecule has 1 aliphatic heterocycles. The predicted octanol–water partition coefficient (Wildman–Crippen LogP) is 5.61. The summed E-state index contributed by atoms with van der Waals surface area (Å²) in [6.07, 6.45) is 2.07. The van der Waals surface area contributed by atoms with Gasteiger partial charge in [-0.25, -0.2) is 9.18 Å². The highest BCUT2D eigenvalue weighted by molar-refractivity contribution is 5.95. The number of ether oxygens (including phenoxy) is 1. The largest absolute Gasteiger partial charge is 0.488 e. The molecule has 0 amide bonds. The molecule has 1 aromatic heterocycles. The Bertz CT molecular complexity index is 1380. The SMILES string of the molecule is CC(C)Cn1c(=O)[nH]c2cc(/C=C3\c4ccccc4COc4cc(F)ccc43)ccc21. The van der Waals surface area contributed by atoms with Crippen LogP contribution in [-0.4, -0.2) is 9.55 Å². The van der Waals surface area contributed by atoms with Crippen LogP contribution in [0.25, 0.3) is 22.7 Å². The third kappa shape index (κ3) is 3.56.